The second-order valence-electron chi connectivity index (χ2n) is 7.44. The van der Waals surface area contributed by atoms with Crippen LogP contribution < -0.4 is 10.9 Å². The Hall–Kier alpha value is -2.15. The molecule has 27 heavy (non-hydrogen) atoms. The van der Waals surface area contributed by atoms with Gasteiger partial charge < -0.3 is 14.6 Å². The first-order valence-corrected chi connectivity index (χ1v) is 9.97. The quantitative estimate of drug-likeness (QED) is 0.753. The number of fused-ring (bicyclic) bond motifs is 1. The predicted octanol–water partition coefficient (Wildman–Crippen LogP) is 2.38. The Bertz CT molecular complexity index is 855. The monoisotopic (exact) mass is 374 g/mol. The molecule has 1 saturated heterocycles. The number of amides is 1. The van der Waals surface area contributed by atoms with E-state index in [1.165, 1.54) is 36.6 Å². The number of carbonyl (C=O) groups excluding carboxylic acids is 1. The number of hydrogen-bond donors (Lipinski definition) is 1. The highest BCUT2D eigenvalue weighted by atomic mass is 16.3. The van der Waals surface area contributed by atoms with Crippen molar-refractivity contribution in [3.63, 3.8) is 0 Å². The second-order valence-corrected chi connectivity index (χ2v) is 7.44. The summed E-state index contributed by atoms with van der Waals surface area (Å²) in [6.07, 6.45) is 7.38. The molecule has 1 N–H and O–H groups in total. The number of rotatable bonds is 7. The van der Waals surface area contributed by atoms with E-state index in [9.17, 15) is 9.59 Å². The Morgan fingerprint density at radius 3 is 2.96 bits per heavy atom. The molecule has 3 heterocycles. The van der Waals surface area contributed by atoms with Gasteiger partial charge in [-0.05, 0) is 46.1 Å². The van der Waals surface area contributed by atoms with Crippen molar-refractivity contribution in [1.82, 2.24) is 19.8 Å². The molecule has 0 aromatic carbocycles. The lowest BCUT2D eigenvalue weighted by Gasteiger charge is -2.35. The van der Waals surface area contributed by atoms with E-state index in [4.69, 9.17) is 4.42 Å². The van der Waals surface area contributed by atoms with Crippen LogP contribution in [0.1, 0.15) is 50.4 Å². The first-order chi connectivity index (χ1) is 13.0. The molecule has 1 fully saturated rings. The Kier molecular flexibility index (Phi) is 6.31. The van der Waals surface area contributed by atoms with Gasteiger partial charge in [0.15, 0.2) is 0 Å². The zero-order valence-corrected chi connectivity index (χ0v) is 16.6. The zero-order valence-electron chi connectivity index (χ0n) is 16.6. The maximum atomic E-state index is 12.6. The highest BCUT2D eigenvalue weighted by molar-refractivity contribution is 5.79. The van der Waals surface area contributed by atoms with Gasteiger partial charge in [-0.15, -0.1) is 0 Å². The number of aryl methyl sites for hydroxylation is 2. The summed E-state index contributed by atoms with van der Waals surface area (Å²) < 4.78 is 6.81. The third-order valence-corrected chi connectivity index (χ3v) is 5.63. The van der Waals surface area contributed by atoms with Gasteiger partial charge in [-0.25, -0.2) is 4.98 Å². The average molecular weight is 374 g/mol. The first kappa shape index (κ1) is 19.6. The van der Waals surface area contributed by atoms with Crippen LogP contribution in [0.4, 0.5) is 0 Å². The molecule has 2 aromatic rings. The van der Waals surface area contributed by atoms with Gasteiger partial charge in [-0.2, -0.15) is 0 Å². The van der Waals surface area contributed by atoms with Crippen LogP contribution in [0.2, 0.25) is 0 Å². The summed E-state index contributed by atoms with van der Waals surface area (Å²) in [5.41, 5.74) is 0.881. The molecule has 0 spiro atoms. The fraction of sp³-hybridized carbons (Fsp3) is 0.650. The summed E-state index contributed by atoms with van der Waals surface area (Å²) in [5.74, 6) is 0.515. The number of furan rings is 1. The van der Waals surface area contributed by atoms with Crippen molar-refractivity contribution in [3.8, 4) is 0 Å². The molecule has 0 bridgehead atoms. The van der Waals surface area contributed by atoms with Crippen molar-refractivity contribution in [2.24, 2.45) is 0 Å². The minimum absolute atomic E-state index is 0.0211. The molecule has 0 saturated carbocycles. The van der Waals surface area contributed by atoms with Crippen LogP contribution in [-0.4, -0.2) is 46.0 Å². The average Bonchev–Trinajstić information content (AvgIpc) is 2.96. The van der Waals surface area contributed by atoms with Gasteiger partial charge in [0.2, 0.25) is 11.6 Å². The van der Waals surface area contributed by atoms with Crippen LogP contribution >= 0.6 is 0 Å². The number of piperidine rings is 1. The number of carbonyl (C=O) groups is 1. The smallest absolute Gasteiger partial charge is 0.265 e. The molecule has 0 radical (unpaired) electrons. The van der Waals surface area contributed by atoms with Crippen molar-refractivity contribution in [2.75, 3.05) is 19.6 Å². The van der Waals surface area contributed by atoms with Gasteiger partial charge in [0.25, 0.3) is 5.56 Å². The van der Waals surface area contributed by atoms with Crippen LogP contribution in [0.15, 0.2) is 15.5 Å². The number of aromatic nitrogens is 2. The van der Waals surface area contributed by atoms with Crippen LogP contribution in [0.25, 0.3) is 11.1 Å². The second kappa shape index (κ2) is 8.69. The highest BCUT2D eigenvalue weighted by Gasteiger charge is 2.20. The molecule has 1 atom stereocenters. The molecule has 7 heteroatoms. The van der Waals surface area contributed by atoms with Crippen molar-refractivity contribution < 1.29 is 9.21 Å². The van der Waals surface area contributed by atoms with Gasteiger partial charge in [-0.1, -0.05) is 13.3 Å². The van der Waals surface area contributed by atoms with Gasteiger partial charge >= 0.3 is 0 Å². The van der Waals surface area contributed by atoms with E-state index >= 15 is 0 Å². The lowest BCUT2D eigenvalue weighted by atomic mass is 10.00. The topological polar surface area (TPSA) is 80.4 Å². The molecule has 2 aromatic heterocycles. The Balaban J connectivity index is 1.51. The molecule has 148 valence electrons. The van der Waals surface area contributed by atoms with Crippen molar-refractivity contribution >= 4 is 17.0 Å². The third kappa shape index (κ3) is 4.40. The zero-order chi connectivity index (χ0) is 19.4. The summed E-state index contributed by atoms with van der Waals surface area (Å²) in [4.78, 5) is 31.5. The molecular formula is C20H30N4O3. The van der Waals surface area contributed by atoms with E-state index < -0.39 is 0 Å². The van der Waals surface area contributed by atoms with Crippen LogP contribution in [-0.2, 0) is 11.3 Å². The Morgan fingerprint density at radius 1 is 1.37 bits per heavy atom. The largest absolute Gasteiger partial charge is 0.443 e. The molecule has 0 aliphatic carbocycles. The maximum Gasteiger partial charge on any atom is 0.265 e. The molecule has 1 aliphatic rings. The van der Waals surface area contributed by atoms with Crippen LogP contribution in [0.3, 0.4) is 0 Å². The first-order valence-electron chi connectivity index (χ1n) is 9.97. The molecule has 7 nitrogen and oxygen atoms in total. The molecule has 1 aliphatic heterocycles. The van der Waals surface area contributed by atoms with E-state index in [0.29, 0.717) is 29.4 Å². The van der Waals surface area contributed by atoms with Crippen molar-refractivity contribution in [2.45, 2.75) is 65.5 Å². The van der Waals surface area contributed by atoms with Gasteiger partial charge in [-0.3, -0.25) is 14.2 Å². The number of hydrogen-bond acceptors (Lipinski definition) is 5. The van der Waals surface area contributed by atoms with Crippen LogP contribution in [0, 0.1) is 13.8 Å². The van der Waals surface area contributed by atoms with Crippen molar-refractivity contribution in [1.29, 1.82) is 0 Å². The van der Waals surface area contributed by atoms with E-state index in [1.807, 2.05) is 6.92 Å². The lowest BCUT2D eigenvalue weighted by molar-refractivity contribution is -0.121. The Morgan fingerprint density at radius 2 is 2.19 bits per heavy atom. The van der Waals surface area contributed by atoms with E-state index in [0.717, 1.165) is 25.1 Å². The fourth-order valence-corrected chi connectivity index (χ4v) is 3.92. The summed E-state index contributed by atoms with van der Waals surface area (Å²) in [6, 6.07) is 0.687. The number of likely N-dealkylation sites (tertiary alicyclic amines) is 1. The standard InChI is InChI=1S/C20H30N4O3/c1-4-16-8-5-6-10-23(16)11-7-9-21-17(25)12-24-13-22-19-18(20(24)26)14(2)15(3)27-19/h13,16H,4-12H2,1-3H3,(H,21,25)/t16-/m1/s1. The number of nitrogens with one attached hydrogen (secondary N) is 1. The summed E-state index contributed by atoms with van der Waals surface area (Å²) in [6.45, 7) is 8.66. The van der Waals surface area contributed by atoms with Crippen molar-refractivity contribution in [3.05, 3.63) is 28.0 Å². The normalized spacial score (nSPS) is 18.1. The minimum Gasteiger partial charge on any atom is -0.443 e. The number of nitrogens with zero attached hydrogens (tertiary/aromatic N) is 3. The van der Waals surface area contributed by atoms with Gasteiger partial charge in [0, 0.05) is 24.7 Å². The summed E-state index contributed by atoms with van der Waals surface area (Å²) in [7, 11) is 0. The third-order valence-electron chi connectivity index (χ3n) is 5.63. The van der Waals surface area contributed by atoms with Crippen LogP contribution in [0.5, 0.6) is 0 Å². The predicted molar refractivity (Wildman–Crippen MR) is 105 cm³/mol. The maximum absolute atomic E-state index is 12.6. The lowest BCUT2D eigenvalue weighted by Crippen LogP contribution is -2.41. The minimum atomic E-state index is -0.233. The van der Waals surface area contributed by atoms with Gasteiger partial charge in [0.1, 0.15) is 24.0 Å². The Labute approximate surface area is 159 Å². The SMILES string of the molecule is CC[C@@H]1CCCCN1CCCNC(=O)Cn1cnc2oc(C)c(C)c2c1=O. The molecule has 0 unspecified atom stereocenters. The summed E-state index contributed by atoms with van der Waals surface area (Å²) >= 11 is 0. The summed E-state index contributed by atoms with van der Waals surface area (Å²) in [5, 5.41) is 3.38. The van der Waals surface area contributed by atoms with E-state index in [2.05, 4.69) is 22.1 Å². The van der Waals surface area contributed by atoms with E-state index in [1.54, 1.807) is 6.92 Å². The fourth-order valence-electron chi connectivity index (χ4n) is 3.92. The molecular weight excluding hydrogens is 344 g/mol. The van der Waals surface area contributed by atoms with Gasteiger partial charge in [0.05, 0.1) is 0 Å². The van der Waals surface area contributed by atoms with E-state index in [-0.39, 0.29) is 18.0 Å². The molecule has 3 rings (SSSR count). The highest BCUT2D eigenvalue weighted by Crippen LogP contribution is 2.20. The molecule has 1 amide bonds.